The molecule has 18 heavy (non-hydrogen) atoms. The van der Waals surface area contributed by atoms with E-state index in [1.165, 1.54) is 45.9 Å². The summed E-state index contributed by atoms with van der Waals surface area (Å²) in [7, 11) is 2.15. The highest BCUT2D eigenvalue weighted by atomic mass is 127. The molecule has 0 atom stereocenters. The van der Waals surface area contributed by atoms with Crippen LogP contribution < -0.4 is 0 Å². The molecule has 0 amide bonds. The van der Waals surface area contributed by atoms with Crippen molar-refractivity contribution >= 4 is 34.7 Å². The largest absolute Gasteiger partial charge is 0.347 e. The second-order valence-corrected chi connectivity index (χ2v) is 3.50. The zero-order chi connectivity index (χ0) is 15.4. The molecule has 0 spiro atoms. The zero-order valence-electron chi connectivity index (χ0n) is 13.8. The van der Waals surface area contributed by atoms with Crippen LogP contribution in [0.1, 0.15) is 45.9 Å². The Morgan fingerprint density at radius 2 is 1.61 bits per heavy atom. The van der Waals surface area contributed by atoms with Crippen LogP contribution in [-0.4, -0.2) is 5.16 Å². The van der Waals surface area contributed by atoms with Gasteiger partial charge < -0.3 is 4.57 Å². The van der Waals surface area contributed by atoms with Crippen molar-refractivity contribution in [1.29, 1.82) is 0.594 Å². The maximum atomic E-state index is 5.72. The molecule has 0 bridgehead atoms. The van der Waals surface area contributed by atoms with Gasteiger partial charge in [-0.3, -0.25) is 0 Å². The van der Waals surface area contributed by atoms with Gasteiger partial charge in [-0.25, -0.2) is 0 Å². The number of halogens is 1. The van der Waals surface area contributed by atoms with Crippen LogP contribution in [0.2, 0.25) is 0 Å². The predicted octanol–water partition coefficient (Wildman–Crippen LogP) is 5.72. The molecule has 0 N–H and O–H groups in total. The van der Waals surface area contributed by atoms with Gasteiger partial charge in [0.1, 0.15) is 0.594 Å². The van der Waals surface area contributed by atoms with E-state index in [1.54, 1.807) is 0 Å². The van der Waals surface area contributed by atoms with E-state index in [0.717, 1.165) is 6.42 Å². The highest BCUT2D eigenvalue weighted by molar-refractivity contribution is 14.0. The van der Waals surface area contributed by atoms with Gasteiger partial charge in [-0.1, -0.05) is 52.8 Å². The van der Waals surface area contributed by atoms with Crippen molar-refractivity contribution in [2.24, 2.45) is 7.05 Å². The third kappa shape index (κ3) is 4.01. The fraction of sp³-hybridized carbons (Fsp3) is 0.500. The Morgan fingerprint density at radius 3 is 2.06 bits per heavy atom. The number of aryl methyl sites for hydroxylation is 2. The molecule has 104 valence electrons. The van der Waals surface area contributed by atoms with E-state index >= 15 is 0 Å². The summed E-state index contributed by atoms with van der Waals surface area (Å²) in [5.41, 5.74) is 4.22. The summed E-state index contributed by atoms with van der Waals surface area (Å²) in [5, 5.41) is 1.39. The van der Waals surface area contributed by atoms with Gasteiger partial charge in [0.05, 0.1) is 0 Å². The summed E-state index contributed by atoms with van der Waals surface area (Å²) in [4.78, 5) is 0. The normalized spacial score (nSPS) is 9.00. The third-order valence-corrected chi connectivity index (χ3v) is 2.84. The molecule has 0 fully saturated rings. The fourth-order valence-electron chi connectivity index (χ4n) is 2.14. The van der Waals surface area contributed by atoms with Crippen molar-refractivity contribution in [3.8, 4) is 0 Å². The molecule has 0 unspecified atom stereocenters. The first-order valence-electron chi connectivity index (χ1n) is 7.16. The van der Waals surface area contributed by atoms with Crippen LogP contribution in [0.4, 0.5) is 0 Å². The Bertz CT molecular complexity index is 410. The number of rotatable bonds is 1. The topological polar surface area (TPSA) is 4.93 Å². The Morgan fingerprint density at radius 1 is 1.11 bits per heavy atom. The second kappa shape index (κ2) is 10.4. The standard InChI is InChI=1S/C12H15N.2C2H6.HI/c1-4-11-9(2)10-7-5-6-8-12(10)13(11)3;2*1-2;/h5-8H,4H2,1-3H3;2*1-2H3;1H/i/hD. The van der Waals surface area contributed by atoms with Crippen LogP contribution in [0.5, 0.6) is 0 Å². The van der Waals surface area contributed by atoms with E-state index in [0.29, 0.717) is 0 Å². The van der Waals surface area contributed by atoms with Crippen molar-refractivity contribution in [3.05, 3.63) is 35.5 Å². The molecule has 0 aliphatic carbocycles. The number of nitrogens with zero attached hydrogens (tertiary/aromatic N) is 1. The van der Waals surface area contributed by atoms with E-state index in [1.807, 2.05) is 27.7 Å². The average Bonchev–Trinajstić information content (AvgIpc) is 2.77. The highest BCUT2D eigenvalue weighted by Gasteiger charge is 2.08. The van der Waals surface area contributed by atoms with Crippen molar-refractivity contribution in [1.82, 2.24) is 4.57 Å². The summed E-state index contributed by atoms with van der Waals surface area (Å²) in [6, 6.07) is 8.58. The molecule has 0 aliphatic heterocycles. The number of para-hydroxylation sites is 1. The van der Waals surface area contributed by atoms with Gasteiger partial charge in [0, 0.05) is 23.6 Å². The number of hydrogen-bond donors (Lipinski definition) is 0. The average molecular weight is 362 g/mol. The SMILES string of the molecule is CC.CC.CCc1c(C)c2ccccc2n1C.[2H]I. The number of fused-ring (bicyclic) bond motifs is 1. The predicted molar refractivity (Wildman–Crippen MR) is 95.1 cm³/mol. The van der Waals surface area contributed by atoms with E-state index in [-0.39, 0.29) is 0 Å². The maximum Gasteiger partial charge on any atom is 0.107 e. The molecule has 2 rings (SSSR count). The fourth-order valence-corrected chi connectivity index (χ4v) is 2.14. The number of aromatic nitrogens is 1. The molecule has 1 nitrogen and oxygen atoms in total. The lowest BCUT2D eigenvalue weighted by molar-refractivity contribution is 0.857. The lowest BCUT2D eigenvalue weighted by Crippen LogP contribution is -1.94. The molecule has 1 aromatic heterocycles. The molecule has 0 saturated heterocycles. The van der Waals surface area contributed by atoms with Crippen molar-refractivity contribution in [2.75, 3.05) is 0 Å². The van der Waals surface area contributed by atoms with Crippen LogP contribution in [0, 0.1) is 6.92 Å². The smallest absolute Gasteiger partial charge is 0.107 e. The Hall–Kier alpha value is -0.510. The van der Waals surface area contributed by atoms with Crippen LogP contribution in [0.15, 0.2) is 24.3 Å². The van der Waals surface area contributed by atoms with Crippen molar-refractivity contribution in [3.63, 3.8) is 0 Å². The number of benzene rings is 1. The summed E-state index contributed by atoms with van der Waals surface area (Å²) in [5.74, 6) is 0. The van der Waals surface area contributed by atoms with Gasteiger partial charge in [-0.2, -0.15) is 0 Å². The monoisotopic (exact) mass is 362 g/mol. The Balaban J connectivity index is 0. The van der Waals surface area contributed by atoms with Gasteiger partial charge in [-0.05, 0) is 25.0 Å². The molecule has 2 heteroatoms. The maximum absolute atomic E-state index is 5.72. The summed E-state index contributed by atoms with van der Waals surface area (Å²) in [6.07, 6.45) is 1.11. The molecule has 0 aliphatic rings. The number of hydrogen-bond acceptors (Lipinski definition) is 0. The Labute approximate surface area is 130 Å². The quantitative estimate of drug-likeness (QED) is 0.572. The first kappa shape index (κ1) is 17.5. The first-order chi connectivity index (χ1) is 9.25. The minimum atomic E-state index is 1.11. The molecular formula is C16H28IN. The second-order valence-electron chi connectivity index (χ2n) is 3.50. The summed E-state index contributed by atoms with van der Waals surface area (Å²) >= 11 is 1.40. The van der Waals surface area contributed by atoms with E-state index in [2.05, 4.69) is 49.7 Å². The lowest BCUT2D eigenvalue weighted by atomic mass is 10.1. The van der Waals surface area contributed by atoms with Crippen LogP contribution in [-0.2, 0) is 13.5 Å². The minimum Gasteiger partial charge on any atom is -0.347 e. The summed E-state index contributed by atoms with van der Waals surface area (Å²) in [6.45, 7) is 12.4. The van der Waals surface area contributed by atoms with Gasteiger partial charge in [0.15, 0.2) is 0 Å². The first-order valence-corrected chi connectivity index (χ1v) is 6.78. The molecular weight excluding hydrogens is 333 g/mol. The van der Waals surface area contributed by atoms with Gasteiger partial charge in [0.25, 0.3) is 0 Å². The molecule has 0 radical (unpaired) electrons. The zero-order valence-corrected chi connectivity index (χ0v) is 15.0. The van der Waals surface area contributed by atoms with Gasteiger partial charge in [0.2, 0.25) is 0 Å². The van der Waals surface area contributed by atoms with Crippen molar-refractivity contribution < 1.29 is 0 Å². The summed E-state index contributed by atoms with van der Waals surface area (Å²) < 4.78 is 8.02. The molecule has 0 saturated carbocycles. The third-order valence-electron chi connectivity index (χ3n) is 2.84. The Kier molecular flexibility index (Phi) is 10.1. The highest BCUT2D eigenvalue weighted by Crippen LogP contribution is 2.24. The van der Waals surface area contributed by atoms with E-state index in [4.69, 9.17) is 0.594 Å². The van der Waals surface area contributed by atoms with E-state index < -0.39 is 0 Å². The molecule has 2 aromatic rings. The lowest BCUT2D eigenvalue weighted by Gasteiger charge is -2.00. The van der Waals surface area contributed by atoms with Crippen LogP contribution in [0.25, 0.3) is 10.9 Å². The minimum absolute atomic E-state index is 1.11. The van der Waals surface area contributed by atoms with Crippen LogP contribution in [0.3, 0.4) is 0 Å². The molecule has 1 heterocycles. The van der Waals surface area contributed by atoms with Gasteiger partial charge in [-0.15, -0.1) is 23.8 Å². The van der Waals surface area contributed by atoms with Crippen LogP contribution >= 0.6 is 23.8 Å². The van der Waals surface area contributed by atoms with Gasteiger partial charge >= 0.3 is 0 Å². The van der Waals surface area contributed by atoms with Crippen molar-refractivity contribution in [2.45, 2.75) is 48.0 Å². The van der Waals surface area contributed by atoms with E-state index in [9.17, 15) is 0 Å². The molecule has 1 aromatic carbocycles.